The fraction of sp³-hybridized carbons (Fsp3) is 0.500. The molecule has 5 N–H and O–H groups in total. The van der Waals surface area contributed by atoms with Crippen LogP contribution in [0.3, 0.4) is 0 Å². The first kappa shape index (κ1) is 27.5. The largest absolute Gasteiger partial charge is 0.387 e. The quantitative estimate of drug-likeness (QED) is 0.177. The Kier molecular flexibility index (Phi) is 7.61. The lowest BCUT2D eigenvalue weighted by molar-refractivity contribution is -0.0552. The summed E-state index contributed by atoms with van der Waals surface area (Å²) in [7, 11) is -7.97. The van der Waals surface area contributed by atoms with Gasteiger partial charge in [-0.3, -0.25) is 9.13 Å². The Bertz CT molecular complexity index is 1440. The molecule has 0 saturated carbocycles. The highest BCUT2D eigenvalue weighted by atomic mass is 35.5. The molecule has 2 unspecified atom stereocenters. The number of hydrogen-bond donors (Lipinski definition) is 5. The van der Waals surface area contributed by atoms with Crippen molar-refractivity contribution in [3.8, 4) is 0 Å². The van der Waals surface area contributed by atoms with E-state index < -0.39 is 52.2 Å². The van der Waals surface area contributed by atoms with Crippen LogP contribution in [0.5, 0.6) is 0 Å². The topological polar surface area (TPSA) is 211 Å². The van der Waals surface area contributed by atoms with Gasteiger partial charge in [-0.2, -0.15) is 14.6 Å². The molecule has 1 aliphatic heterocycles. The Morgan fingerprint density at radius 3 is 2.71 bits per heavy atom. The normalized spacial score (nSPS) is 26.9. The number of aliphatic hydroxyl groups excluding tert-OH is 2. The Morgan fingerprint density at radius 2 is 1.97 bits per heavy atom. The molecule has 0 amide bonds. The van der Waals surface area contributed by atoms with Crippen LogP contribution in [0.1, 0.15) is 29.8 Å². The highest BCUT2D eigenvalue weighted by Crippen LogP contribution is 2.58. The highest BCUT2D eigenvalue weighted by molar-refractivity contribution is 7.70. The molecular weight excluding hydrogens is 566 g/mol. The second-order valence-corrected chi connectivity index (χ2v) is 13.6. The van der Waals surface area contributed by atoms with Gasteiger partial charge < -0.3 is 39.1 Å². The number of anilines is 1. The summed E-state index contributed by atoms with van der Waals surface area (Å²) in [6, 6.07) is 8.01. The van der Waals surface area contributed by atoms with Gasteiger partial charge in [-0.15, -0.1) is 5.10 Å². The lowest BCUT2D eigenvalue weighted by Crippen LogP contribution is -2.34. The van der Waals surface area contributed by atoms with Crippen molar-refractivity contribution < 1.29 is 42.9 Å². The molecule has 3 aromatic rings. The Hall–Kier alpha value is -2.03. The van der Waals surface area contributed by atoms with Gasteiger partial charge in [-0.1, -0.05) is 29.5 Å². The summed E-state index contributed by atoms with van der Waals surface area (Å²) in [4.78, 5) is 26.7. The first-order chi connectivity index (χ1) is 18.0. The van der Waals surface area contributed by atoms with Crippen molar-refractivity contribution in [1.29, 1.82) is 0 Å². The monoisotopic (exact) mass is 590 g/mol. The van der Waals surface area contributed by atoms with E-state index in [1.54, 1.807) is 0 Å². The number of nitrogens with zero attached hydrogens (tertiary/aromatic N) is 5. The number of halogens is 1. The van der Waals surface area contributed by atoms with E-state index in [1.807, 2.05) is 18.2 Å². The third kappa shape index (κ3) is 5.50. The van der Waals surface area contributed by atoms with Crippen molar-refractivity contribution >= 4 is 43.8 Å². The first-order valence-electron chi connectivity index (χ1n) is 11.5. The molecule has 0 radical (unpaired) electrons. The number of fused-ring (bicyclic) bond motifs is 2. The van der Waals surface area contributed by atoms with Crippen molar-refractivity contribution in [1.82, 2.24) is 25.0 Å². The number of aromatic nitrogens is 5. The summed E-state index contributed by atoms with van der Waals surface area (Å²) in [6.07, 6.45) is -3.88. The number of hydrogen-bond acceptors (Lipinski definition) is 12. The maximum absolute atomic E-state index is 12.5. The second kappa shape index (κ2) is 10.5. The molecule has 5 rings (SSSR count). The standard InChI is InChI=1S/C20H25ClN6O9P2/c1-34-38(33,9-37(30,31)32)35-8-13-15(28)16(29)19(36-13)27-18-14(25-26-27)17(23-20(21)24-18)22-12-7-6-10-4-2-3-5-11(10)12/h2-5,12-13,15-16,19,28-29H,6-9H2,1H3,(H,22,23,24)(H2,30,31,32)/t12-,13+,15+,16+,19?,38?/m0/s1. The van der Waals surface area contributed by atoms with Crippen LogP contribution in [0.2, 0.25) is 5.28 Å². The van der Waals surface area contributed by atoms with Crippen molar-refractivity contribution in [2.45, 2.75) is 43.4 Å². The maximum Gasteiger partial charge on any atom is 0.342 e. The minimum Gasteiger partial charge on any atom is -0.387 e. The average Bonchev–Trinajstić information content (AvgIpc) is 3.54. The minimum absolute atomic E-state index is 0.0354. The molecule has 3 heterocycles. The molecule has 18 heteroatoms. The van der Waals surface area contributed by atoms with Crippen LogP contribution in [0.15, 0.2) is 24.3 Å². The molecule has 1 aromatic carbocycles. The third-order valence-electron chi connectivity index (χ3n) is 6.39. The van der Waals surface area contributed by atoms with Crippen molar-refractivity contribution in [2.24, 2.45) is 0 Å². The molecule has 2 aliphatic rings. The van der Waals surface area contributed by atoms with Gasteiger partial charge in [-0.25, -0.2) is 0 Å². The lowest BCUT2D eigenvalue weighted by Gasteiger charge is -2.20. The van der Waals surface area contributed by atoms with E-state index in [0.29, 0.717) is 5.82 Å². The predicted molar refractivity (Wildman–Crippen MR) is 133 cm³/mol. The summed E-state index contributed by atoms with van der Waals surface area (Å²) in [5.74, 6) is -0.824. The number of benzene rings is 1. The summed E-state index contributed by atoms with van der Waals surface area (Å²) in [5.41, 5.74) is 2.75. The summed E-state index contributed by atoms with van der Waals surface area (Å²) >= 11 is 6.19. The number of rotatable bonds is 9. The number of ether oxygens (including phenoxy) is 1. The van der Waals surface area contributed by atoms with Gasteiger partial charge in [-0.05, 0) is 35.6 Å². The zero-order valence-corrected chi connectivity index (χ0v) is 22.4. The van der Waals surface area contributed by atoms with Crippen LogP contribution in [0.25, 0.3) is 11.2 Å². The summed E-state index contributed by atoms with van der Waals surface area (Å²) in [5, 5.41) is 32.6. The van der Waals surface area contributed by atoms with E-state index in [4.69, 9.17) is 30.6 Å². The van der Waals surface area contributed by atoms with Gasteiger partial charge in [0.05, 0.1) is 12.6 Å². The predicted octanol–water partition coefficient (Wildman–Crippen LogP) is 1.58. The van der Waals surface area contributed by atoms with E-state index in [-0.39, 0.29) is 22.5 Å². The molecule has 6 atom stereocenters. The summed E-state index contributed by atoms with van der Waals surface area (Å²) in [6.45, 7) is -0.601. The van der Waals surface area contributed by atoms with Crippen molar-refractivity contribution in [3.05, 3.63) is 40.7 Å². The van der Waals surface area contributed by atoms with Gasteiger partial charge in [0.1, 0.15) is 18.3 Å². The first-order valence-corrected chi connectivity index (χ1v) is 15.4. The molecule has 0 spiro atoms. The minimum atomic E-state index is -4.73. The molecule has 1 saturated heterocycles. The second-order valence-electron chi connectivity index (χ2n) is 8.92. The molecular formula is C20H25ClN6O9P2. The molecule has 1 fully saturated rings. The maximum atomic E-state index is 12.5. The van der Waals surface area contributed by atoms with Crippen LogP contribution in [0, 0.1) is 0 Å². The molecule has 2 aromatic heterocycles. The van der Waals surface area contributed by atoms with Crippen LogP contribution in [0.4, 0.5) is 5.82 Å². The Labute approximate surface area is 220 Å². The number of nitrogens with one attached hydrogen (secondary N) is 1. The smallest absolute Gasteiger partial charge is 0.342 e. The zero-order valence-electron chi connectivity index (χ0n) is 19.9. The Morgan fingerprint density at radius 1 is 1.21 bits per heavy atom. The van der Waals surface area contributed by atoms with E-state index in [2.05, 4.69) is 36.2 Å². The average molecular weight is 591 g/mol. The van der Waals surface area contributed by atoms with Crippen LogP contribution < -0.4 is 5.32 Å². The van der Waals surface area contributed by atoms with Gasteiger partial charge in [0, 0.05) is 7.11 Å². The van der Waals surface area contributed by atoms with E-state index in [0.717, 1.165) is 30.2 Å². The van der Waals surface area contributed by atoms with Crippen LogP contribution >= 0.6 is 26.8 Å². The van der Waals surface area contributed by atoms with Crippen molar-refractivity contribution in [2.75, 3.05) is 24.9 Å². The van der Waals surface area contributed by atoms with Gasteiger partial charge in [0.25, 0.3) is 0 Å². The highest BCUT2D eigenvalue weighted by Gasteiger charge is 2.46. The van der Waals surface area contributed by atoms with Crippen LogP contribution in [-0.4, -0.2) is 82.9 Å². The van der Waals surface area contributed by atoms with Gasteiger partial charge in [0.2, 0.25) is 5.28 Å². The van der Waals surface area contributed by atoms with Crippen LogP contribution in [-0.2, 0) is 29.3 Å². The van der Waals surface area contributed by atoms with E-state index in [1.165, 1.54) is 5.56 Å². The number of aliphatic hydroxyl groups is 2. The fourth-order valence-electron chi connectivity index (χ4n) is 4.58. The molecule has 0 bridgehead atoms. The molecule has 15 nitrogen and oxygen atoms in total. The van der Waals surface area contributed by atoms with E-state index >= 15 is 0 Å². The molecule has 206 valence electrons. The molecule has 1 aliphatic carbocycles. The fourth-order valence-corrected chi connectivity index (χ4v) is 7.82. The van der Waals surface area contributed by atoms with Gasteiger partial charge >= 0.3 is 15.2 Å². The van der Waals surface area contributed by atoms with E-state index in [9.17, 15) is 19.3 Å². The Balaban J connectivity index is 1.37. The number of aryl methyl sites for hydroxylation is 1. The summed E-state index contributed by atoms with van der Waals surface area (Å²) < 4.78 is 40.4. The van der Waals surface area contributed by atoms with Crippen molar-refractivity contribution in [3.63, 3.8) is 0 Å². The molecule has 38 heavy (non-hydrogen) atoms. The zero-order chi connectivity index (χ0) is 27.2. The SMILES string of the molecule is COP(=O)(CP(=O)(O)O)OC[C@H]1OC(n2nnc3c(N[C@H]4CCc5ccccc54)nc(Cl)nc32)[C@H](O)[C@@H]1O. The lowest BCUT2D eigenvalue weighted by atomic mass is 10.1. The van der Waals surface area contributed by atoms with Gasteiger partial charge in [0.15, 0.2) is 29.1 Å². The third-order valence-corrected chi connectivity index (χ3v) is 10.5.